The van der Waals surface area contributed by atoms with Gasteiger partial charge in [0.05, 0.1) is 19.6 Å². The van der Waals surface area contributed by atoms with Crippen molar-refractivity contribution in [1.29, 1.82) is 0 Å². The number of fused-ring (bicyclic) bond motifs is 1. The highest BCUT2D eigenvalue weighted by molar-refractivity contribution is 5.95. The monoisotopic (exact) mass is 436 g/mol. The molecule has 1 spiro atoms. The van der Waals surface area contributed by atoms with Crippen molar-refractivity contribution in [1.82, 2.24) is 9.80 Å². The number of ether oxygens (including phenoxy) is 2. The second-order valence-corrected chi connectivity index (χ2v) is 9.15. The predicted molar refractivity (Wildman–Crippen MR) is 123 cm³/mol. The first-order valence-corrected chi connectivity index (χ1v) is 11.3. The lowest BCUT2D eigenvalue weighted by atomic mass is 9.72. The summed E-state index contributed by atoms with van der Waals surface area (Å²) in [5, 5.41) is 0. The molecule has 0 aromatic heterocycles. The van der Waals surface area contributed by atoms with Crippen molar-refractivity contribution < 1.29 is 19.1 Å². The van der Waals surface area contributed by atoms with Gasteiger partial charge in [0.25, 0.3) is 5.91 Å². The molecule has 0 bridgehead atoms. The molecule has 2 heterocycles. The highest BCUT2D eigenvalue weighted by atomic mass is 16.5. The Balaban J connectivity index is 1.57. The zero-order valence-corrected chi connectivity index (χ0v) is 19.4. The first-order valence-electron chi connectivity index (χ1n) is 11.3. The van der Waals surface area contributed by atoms with Crippen LogP contribution in [0.2, 0.25) is 0 Å². The van der Waals surface area contributed by atoms with Crippen LogP contribution in [0.5, 0.6) is 11.5 Å². The van der Waals surface area contributed by atoms with Crippen LogP contribution < -0.4 is 9.47 Å². The van der Waals surface area contributed by atoms with E-state index in [2.05, 4.69) is 32.0 Å². The fourth-order valence-electron chi connectivity index (χ4n) is 4.94. The highest BCUT2D eigenvalue weighted by Gasteiger charge is 2.46. The molecule has 2 aliphatic rings. The second-order valence-electron chi connectivity index (χ2n) is 9.15. The van der Waals surface area contributed by atoms with E-state index < -0.39 is 5.41 Å². The molecule has 6 heteroatoms. The molecule has 1 fully saturated rings. The van der Waals surface area contributed by atoms with Gasteiger partial charge in [-0.25, -0.2) is 0 Å². The predicted octanol–water partition coefficient (Wildman–Crippen LogP) is 3.92. The Morgan fingerprint density at radius 2 is 1.56 bits per heavy atom. The van der Waals surface area contributed by atoms with Gasteiger partial charge >= 0.3 is 0 Å². The van der Waals surface area contributed by atoms with Gasteiger partial charge in [-0.1, -0.05) is 24.3 Å². The van der Waals surface area contributed by atoms with Crippen molar-refractivity contribution in [3.8, 4) is 11.5 Å². The van der Waals surface area contributed by atoms with E-state index in [1.165, 1.54) is 11.1 Å². The molecule has 2 amide bonds. The Morgan fingerprint density at radius 3 is 2.12 bits per heavy atom. The quantitative estimate of drug-likeness (QED) is 0.729. The molecule has 1 saturated heterocycles. The van der Waals surface area contributed by atoms with E-state index in [9.17, 15) is 9.59 Å². The summed E-state index contributed by atoms with van der Waals surface area (Å²) >= 11 is 0. The summed E-state index contributed by atoms with van der Waals surface area (Å²) in [6, 6.07) is 13.7. The molecule has 0 saturated carbocycles. The smallest absolute Gasteiger partial charge is 0.254 e. The van der Waals surface area contributed by atoms with E-state index >= 15 is 0 Å². The fourth-order valence-corrected chi connectivity index (χ4v) is 4.94. The van der Waals surface area contributed by atoms with Gasteiger partial charge in [0.1, 0.15) is 11.5 Å². The van der Waals surface area contributed by atoms with Crippen LogP contribution in [-0.2, 0) is 17.8 Å². The number of piperidine rings is 1. The topological polar surface area (TPSA) is 59.1 Å². The first-order chi connectivity index (χ1) is 15.4. The van der Waals surface area contributed by atoms with Crippen LogP contribution in [0.1, 0.15) is 48.2 Å². The second kappa shape index (κ2) is 8.85. The average molecular weight is 437 g/mol. The van der Waals surface area contributed by atoms with E-state index in [4.69, 9.17) is 9.47 Å². The maximum Gasteiger partial charge on any atom is 0.254 e. The molecule has 0 radical (unpaired) electrons. The third-order valence-corrected chi connectivity index (χ3v) is 6.93. The summed E-state index contributed by atoms with van der Waals surface area (Å²) in [5.41, 5.74) is 2.56. The molecule has 0 atom stereocenters. The van der Waals surface area contributed by atoms with Crippen LogP contribution in [0, 0.1) is 5.41 Å². The van der Waals surface area contributed by atoms with E-state index in [-0.39, 0.29) is 17.9 Å². The summed E-state index contributed by atoms with van der Waals surface area (Å²) in [7, 11) is 3.15. The van der Waals surface area contributed by atoms with Crippen molar-refractivity contribution in [3.05, 3.63) is 59.2 Å². The number of benzene rings is 2. The third kappa shape index (κ3) is 4.06. The number of rotatable bonds is 4. The Bertz CT molecular complexity index is 986. The van der Waals surface area contributed by atoms with Gasteiger partial charge in [0, 0.05) is 37.3 Å². The fraction of sp³-hybridized carbons (Fsp3) is 0.462. The highest BCUT2D eigenvalue weighted by Crippen LogP contribution is 2.41. The minimum absolute atomic E-state index is 0.0563. The van der Waals surface area contributed by atoms with E-state index in [1.54, 1.807) is 32.4 Å². The standard InChI is InChI=1S/C26H32N2O4/c1-18(2)28-17-20-8-6-5-7-19(20)16-26(25(28)30)9-11-27(12-10-26)24(29)21-13-22(31-3)15-23(14-21)32-4/h5-8,13-15,18H,9-12,16-17H2,1-4H3. The van der Waals surface area contributed by atoms with E-state index in [1.807, 2.05) is 15.9 Å². The van der Waals surface area contributed by atoms with Crippen LogP contribution >= 0.6 is 0 Å². The van der Waals surface area contributed by atoms with Crippen molar-refractivity contribution >= 4 is 11.8 Å². The molecule has 0 unspecified atom stereocenters. The number of hydrogen-bond acceptors (Lipinski definition) is 4. The number of carbonyl (C=O) groups excluding carboxylic acids is 2. The van der Waals surface area contributed by atoms with E-state index in [0.717, 1.165) is 6.42 Å². The van der Waals surface area contributed by atoms with Crippen molar-refractivity contribution in [2.45, 2.75) is 45.7 Å². The normalized spacial score (nSPS) is 17.8. The van der Waals surface area contributed by atoms with Gasteiger partial charge in [0.15, 0.2) is 0 Å². The van der Waals surface area contributed by atoms with Crippen molar-refractivity contribution in [2.24, 2.45) is 5.41 Å². The van der Waals surface area contributed by atoms with Crippen LogP contribution in [0.3, 0.4) is 0 Å². The summed E-state index contributed by atoms with van der Waals surface area (Å²) in [6.07, 6.45) is 2.06. The summed E-state index contributed by atoms with van der Waals surface area (Å²) in [5.74, 6) is 1.34. The molecule has 6 nitrogen and oxygen atoms in total. The lowest BCUT2D eigenvalue weighted by molar-refractivity contribution is -0.146. The molecule has 170 valence electrons. The number of methoxy groups -OCH3 is 2. The maximum absolute atomic E-state index is 13.7. The Hall–Kier alpha value is -3.02. The van der Waals surface area contributed by atoms with Crippen LogP contribution in [0.4, 0.5) is 0 Å². The van der Waals surface area contributed by atoms with Crippen LogP contribution in [0.15, 0.2) is 42.5 Å². The van der Waals surface area contributed by atoms with Gasteiger partial charge in [-0.05, 0) is 56.4 Å². The number of likely N-dealkylation sites (tertiary alicyclic amines) is 1. The average Bonchev–Trinajstić information content (AvgIpc) is 2.93. The van der Waals surface area contributed by atoms with Crippen LogP contribution in [-0.4, -0.2) is 55.0 Å². The Labute approximate surface area is 190 Å². The maximum atomic E-state index is 13.7. The third-order valence-electron chi connectivity index (χ3n) is 6.93. The van der Waals surface area contributed by atoms with Gasteiger partial charge < -0.3 is 19.3 Å². The Morgan fingerprint density at radius 1 is 0.969 bits per heavy atom. The molecule has 2 aliphatic heterocycles. The number of amides is 2. The zero-order chi connectivity index (χ0) is 22.9. The molecule has 2 aromatic rings. The summed E-state index contributed by atoms with van der Waals surface area (Å²) in [4.78, 5) is 30.8. The molecule has 2 aromatic carbocycles. The molecule has 0 aliphatic carbocycles. The van der Waals surface area contributed by atoms with Crippen molar-refractivity contribution in [3.63, 3.8) is 0 Å². The molecular weight excluding hydrogens is 404 g/mol. The SMILES string of the molecule is COc1cc(OC)cc(C(=O)N2CCC3(CC2)Cc2ccccc2CN(C(C)C)C3=O)c1. The van der Waals surface area contributed by atoms with Crippen LogP contribution in [0.25, 0.3) is 0 Å². The number of carbonyl (C=O) groups is 2. The summed E-state index contributed by atoms with van der Waals surface area (Å²) < 4.78 is 10.6. The molecule has 0 N–H and O–H groups in total. The van der Waals surface area contributed by atoms with Gasteiger partial charge in [-0.15, -0.1) is 0 Å². The molecule has 4 rings (SSSR count). The molecular formula is C26H32N2O4. The van der Waals surface area contributed by atoms with Gasteiger partial charge in [-0.2, -0.15) is 0 Å². The zero-order valence-electron chi connectivity index (χ0n) is 19.4. The lowest BCUT2D eigenvalue weighted by Crippen LogP contribution is -2.52. The lowest BCUT2D eigenvalue weighted by Gasteiger charge is -2.43. The number of hydrogen-bond donors (Lipinski definition) is 0. The minimum Gasteiger partial charge on any atom is -0.497 e. The van der Waals surface area contributed by atoms with E-state index in [0.29, 0.717) is 49.5 Å². The van der Waals surface area contributed by atoms with Gasteiger partial charge in [0.2, 0.25) is 5.91 Å². The largest absolute Gasteiger partial charge is 0.497 e. The van der Waals surface area contributed by atoms with Crippen molar-refractivity contribution in [2.75, 3.05) is 27.3 Å². The summed E-state index contributed by atoms with van der Waals surface area (Å²) in [6.45, 7) is 5.92. The number of nitrogens with zero attached hydrogens (tertiary/aromatic N) is 2. The minimum atomic E-state index is -0.459. The molecule has 32 heavy (non-hydrogen) atoms. The first kappa shape index (κ1) is 22.2. The Kier molecular flexibility index (Phi) is 6.13. The van der Waals surface area contributed by atoms with Gasteiger partial charge in [-0.3, -0.25) is 9.59 Å².